The quantitative estimate of drug-likeness (QED) is 0.160. The predicted octanol–water partition coefficient (Wildman–Crippen LogP) is 15.9. The second kappa shape index (κ2) is 21.0. The molecule has 1 unspecified atom stereocenters. The Morgan fingerprint density at radius 3 is 1.49 bits per heavy atom. The summed E-state index contributed by atoms with van der Waals surface area (Å²) in [4.78, 5) is 6.67. The van der Waals surface area contributed by atoms with Crippen molar-refractivity contribution in [3.8, 4) is 55.5 Å². The van der Waals surface area contributed by atoms with E-state index in [-0.39, 0.29) is 21.6 Å². The molecule has 9 heteroatoms. The van der Waals surface area contributed by atoms with Crippen molar-refractivity contribution >= 4 is 96.6 Å². The number of nitrogens with one attached hydrogen (secondary N) is 2. The van der Waals surface area contributed by atoms with Crippen LogP contribution in [0.15, 0.2) is 267 Å². The summed E-state index contributed by atoms with van der Waals surface area (Å²) in [5, 5.41) is 42.8. The van der Waals surface area contributed by atoms with Crippen molar-refractivity contribution in [2.45, 2.75) is 5.41 Å². The van der Waals surface area contributed by atoms with Crippen molar-refractivity contribution < 1.29 is 20.2 Å². The largest absolute Gasteiger partial charge is 2.00 e. The zero-order valence-electron chi connectivity index (χ0n) is 43.6. The molecule has 0 aliphatic heterocycles. The molecule has 1 aliphatic carbocycles. The van der Waals surface area contributed by atoms with Gasteiger partial charge in [-0.2, -0.15) is 15.2 Å². The number of aromatic amines is 2. The Bertz CT molecular complexity index is 4690. The molecule has 0 saturated heterocycles. The summed E-state index contributed by atoms with van der Waals surface area (Å²) in [5.41, 5.74) is 14.5. The smallest absolute Gasteiger partial charge is 0.872 e. The van der Waals surface area contributed by atoms with Crippen LogP contribution in [-0.2, 0) is 5.41 Å². The van der Waals surface area contributed by atoms with Crippen LogP contribution in [0.25, 0.3) is 102 Å². The molecular weight excluding hydrogens is 1030 g/mol. The minimum absolute atomic E-state index is 0. The Balaban J connectivity index is 0.000000126. The molecule has 0 radical (unpaired) electrons. The van der Waals surface area contributed by atoms with Gasteiger partial charge < -0.3 is 14.8 Å². The van der Waals surface area contributed by atoms with Gasteiger partial charge in [-0.3, -0.25) is 0 Å². The molecule has 2 N–H and O–H groups in total. The van der Waals surface area contributed by atoms with Crippen LogP contribution in [0, 0.1) is 11.3 Å². The number of nitriles is 1. The maximum absolute atomic E-state index is 12.3. The van der Waals surface area contributed by atoms with E-state index in [2.05, 4.69) is 172 Å². The normalized spacial score (nSPS) is 13.2. The van der Waals surface area contributed by atoms with Crippen LogP contribution in [0.1, 0.15) is 27.8 Å². The fourth-order valence-corrected chi connectivity index (χ4v) is 13.8. The second-order valence-corrected chi connectivity index (χ2v) is 22.1. The number of fused-ring (bicyclic) bond motifs is 10. The number of hydrogen-bond acceptors (Lipinski definition) is 5. The number of hydrogen-bond donors (Lipinski definition) is 0. The summed E-state index contributed by atoms with van der Waals surface area (Å²) >= 11 is 3.24. The second-order valence-electron chi connectivity index (χ2n) is 19.9. The van der Waals surface area contributed by atoms with Gasteiger partial charge in [-0.1, -0.05) is 222 Å². The number of thiazole rings is 2. The minimum atomic E-state index is -0.509. The Morgan fingerprint density at radius 1 is 0.395 bits per heavy atom. The summed E-state index contributed by atoms with van der Waals surface area (Å²) in [6.07, 6.45) is 0. The van der Waals surface area contributed by atoms with Crippen molar-refractivity contribution in [1.29, 1.82) is 5.26 Å². The first-order valence-corrected chi connectivity index (χ1v) is 28.1. The molecule has 0 fully saturated rings. The topological polar surface area (TPSA) is 103 Å². The van der Waals surface area contributed by atoms with E-state index in [4.69, 9.17) is 0 Å². The van der Waals surface area contributed by atoms with Gasteiger partial charge in [0.2, 0.25) is 11.0 Å². The first kappa shape index (κ1) is 50.5. The molecule has 3 heterocycles. The van der Waals surface area contributed by atoms with Crippen molar-refractivity contribution in [3.05, 3.63) is 295 Å². The third kappa shape index (κ3) is 8.78. The number of aromatic nitrogens is 3. The van der Waals surface area contributed by atoms with Gasteiger partial charge in [-0.05, 0) is 122 Å². The number of nitrogens with zero attached hydrogens (tertiary/aromatic N) is 2. The molecule has 1 atom stereocenters. The summed E-state index contributed by atoms with van der Waals surface area (Å²) in [6.45, 7) is 0. The molecule has 0 bridgehead atoms. The molecule has 12 aromatic carbocycles. The van der Waals surface area contributed by atoms with E-state index in [1.165, 1.54) is 49.6 Å². The van der Waals surface area contributed by atoms with E-state index in [0.29, 0.717) is 5.56 Å². The molecule has 16 rings (SSSR count). The Hall–Kier alpha value is -10.0. The number of H-pyrrole nitrogens is 2. The molecule has 0 saturated carbocycles. The van der Waals surface area contributed by atoms with E-state index < -0.39 is 5.41 Å². The fourth-order valence-electron chi connectivity index (χ4n) is 11.8. The Kier molecular flexibility index (Phi) is 13.1. The maximum Gasteiger partial charge on any atom is 2.00 e. The van der Waals surface area contributed by atoms with Gasteiger partial charge in [-0.25, -0.2) is 0 Å². The van der Waals surface area contributed by atoms with E-state index in [1.54, 1.807) is 34.8 Å². The number of benzene rings is 12. The molecule has 3 aromatic heterocycles. The van der Waals surface area contributed by atoms with Crippen molar-refractivity contribution in [3.63, 3.8) is 0 Å². The summed E-state index contributed by atoms with van der Waals surface area (Å²) in [7, 11) is 0. The maximum atomic E-state index is 12.3. The standard InChI is InChI=1S/C38H24N2.2C17H11NOS.Be/c39-25-26-19-21-35-32(23-26)30-15-7-9-17-34(30)38(35,27-11-3-1-4-12-27)28-20-22-37-33(24-28)31-16-8-10-18-36(31)40(37)29-13-5-2-6-14-29;2*19-15-10-12-6-2-1-5-11(12)9-13(15)17-18-14-7-3-4-8-16(14)20-17;/h1-24H;2*1-10,19H;/q;;;+2. The van der Waals surface area contributed by atoms with Gasteiger partial charge in [-0.15, -0.1) is 0 Å². The first-order chi connectivity index (χ1) is 39.4. The van der Waals surface area contributed by atoms with Crippen LogP contribution >= 0.6 is 22.7 Å². The van der Waals surface area contributed by atoms with Gasteiger partial charge in [0.1, 0.15) is 9.40 Å². The molecule has 0 spiro atoms. The Labute approximate surface area is 479 Å². The molecular formula is C72H46BeN4O2S2+2. The van der Waals surface area contributed by atoms with E-state index in [1.807, 2.05) is 103 Å². The van der Waals surface area contributed by atoms with Crippen LogP contribution in [0.4, 0.5) is 0 Å². The average Bonchev–Trinajstić information content (AvgIpc) is 4.26. The first-order valence-electron chi connectivity index (χ1n) is 26.4. The summed E-state index contributed by atoms with van der Waals surface area (Å²) in [6, 6.07) is 93.7. The van der Waals surface area contributed by atoms with Gasteiger partial charge in [0.25, 0.3) is 10.0 Å². The SMILES string of the molecule is N#Cc1ccc2c(c1)-c1ccccc1C2(c1ccccc1)c1ccc2c(c1)c1ccccc1n2-c1ccccc1.[Be+2].[O-]c1cc2ccccc2cc1-c1[nH+]c2ccccc2s1.[O-]c1cc2ccccc2cc1-c1[nH+]c2ccccc2s1. The Morgan fingerprint density at radius 2 is 0.889 bits per heavy atom. The zero-order chi connectivity index (χ0) is 53.7. The van der Waals surface area contributed by atoms with Crippen molar-refractivity contribution in [2.24, 2.45) is 0 Å². The summed E-state index contributed by atoms with van der Waals surface area (Å²) in [5.74, 6) is 0.123. The third-order valence-corrected chi connectivity index (χ3v) is 17.6. The van der Waals surface area contributed by atoms with Gasteiger partial charge in [0, 0.05) is 28.6 Å². The number of para-hydroxylation sites is 4. The van der Waals surface area contributed by atoms with E-state index in [0.717, 1.165) is 74.4 Å². The van der Waals surface area contributed by atoms with Crippen molar-refractivity contribution in [2.75, 3.05) is 0 Å². The zero-order valence-corrected chi connectivity index (χ0v) is 45.3. The molecule has 6 nitrogen and oxygen atoms in total. The molecule has 378 valence electrons. The van der Waals surface area contributed by atoms with E-state index >= 15 is 0 Å². The van der Waals surface area contributed by atoms with Crippen LogP contribution < -0.4 is 20.2 Å². The van der Waals surface area contributed by atoms with Crippen molar-refractivity contribution in [1.82, 2.24) is 4.57 Å². The third-order valence-electron chi connectivity index (χ3n) is 15.4. The van der Waals surface area contributed by atoms with Crippen LogP contribution in [0.2, 0.25) is 0 Å². The van der Waals surface area contributed by atoms with Gasteiger partial charge in [0.15, 0.2) is 0 Å². The molecule has 1 aliphatic rings. The molecule has 15 aromatic rings. The summed E-state index contributed by atoms with van der Waals surface area (Å²) < 4.78 is 4.68. The average molecular weight is 1070 g/mol. The van der Waals surface area contributed by atoms with Crippen LogP contribution in [0.3, 0.4) is 0 Å². The van der Waals surface area contributed by atoms with Gasteiger partial charge >= 0.3 is 10.1 Å². The predicted molar refractivity (Wildman–Crippen MR) is 330 cm³/mol. The minimum Gasteiger partial charge on any atom is -0.872 e. The molecule has 0 amide bonds. The van der Waals surface area contributed by atoms with E-state index in [9.17, 15) is 15.5 Å². The molecule has 81 heavy (non-hydrogen) atoms. The van der Waals surface area contributed by atoms with Crippen LogP contribution in [-0.4, -0.2) is 14.7 Å². The monoisotopic (exact) mass is 1070 g/mol. The number of rotatable bonds is 5. The van der Waals surface area contributed by atoms with Gasteiger partial charge in [0.05, 0.1) is 39.2 Å². The van der Waals surface area contributed by atoms with Crippen LogP contribution in [0.5, 0.6) is 11.5 Å². The fraction of sp³-hybridized carbons (Fsp3) is 0.0139.